The maximum atomic E-state index is 12.6. The highest BCUT2D eigenvalue weighted by Crippen LogP contribution is 2.36. The number of carbonyl (C=O) groups excluding carboxylic acids is 1. The van der Waals surface area contributed by atoms with E-state index in [1.807, 2.05) is 0 Å². The van der Waals surface area contributed by atoms with Gasteiger partial charge in [0.2, 0.25) is 0 Å². The van der Waals surface area contributed by atoms with Crippen LogP contribution in [0.2, 0.25) is 0 Å². The van der Waals surface area contributed by atoms with Gasteiger partial charge in [-0.1, -0.05) is 0 Å². The van der Waals surface area contributed by atoms with Gasteiger partial charge in [-0.3, -0.25) is 4.79 Å². The lowest BCUT2D eigenvalue weighted by Gasteiger charge is -2.40. The van der Waals surface area contributed by atoms with Crippen LogP contribution in [0.3, 0.4) is 0 Å². The van der Waals surface area contributed by atoms with Crippen LogP contribution in [0.25, 0.3) is 0 Å². The van der Waals surface area contributed by atoms with Crippen LogP contribution < -0.4 is 4.90 Å². The number of anilines is 1. The molecule has 0 bridgehead atoms. The van der Waals surface area contributed by atoms with Crippen molar-refractivity contribution < 1.29 is 13.6 Å². The van der Waals surface area contributed by atoms with Crippen molar-refractivity contribution in [2.24, 2.45) is 0 Å². The molecule has 1 aliphatic heterocycles. The van der Waals surface area contributed by atoms with Gasteiger partial charge in [-0.15, -0.1) is 0 Å². The second kappa shape index (κ2) is 3.56. The average molecular weight is 276 g/mol. The predicted octanol–water partition coefficient (Wildman–Crippen LogP) is 2.72. The smallest absolute Gasteiger partial charge is 0.282 e. The minimum absolute atomic E-state index is 0.258. The molecule has 2 rings (SSSR count). The molecule has 0 aromatic heterocycles. The third-order valence-corrected chi connectivity index (χ3v) is 2.93. The van der Waals surface area contributed by atoms with Gasteiger partial charge < -0.3 is 4.90 Å². The van der Waals surface area contributed by atoms with Crippen molar-refractivity contribution in [3.8, 4) is 0 Å². The Kier molecular flexibility index (Phi) is 2.50. The third-order valence-electron chi connectivity index (χ3n) is 2.29. The molecule has 1 saturated heterocycles. The zero-order valence-electron chi connectivity index (χ0n) is 7.71. The zero-order chi connectivity index (χ0) is 11.1. The quantitative estimate of drug-likeness (QED) is 0.774. The molecule has 0 spiro atoms. The Balaban J connectivity index is 2.20. The van der Waals surface area contributed by atoms with E-state index in [2.05, 4.69) is 15.9 Å². The Morgan fingerprint density at radius 1 is 1.40 bits per heavy atom. The fraction of sp³-hybridized carbons (Fsp3) is 0.300. The van der Waals surface area contributed by atoms with Crippen LogP contribution in [-0.2, 0) is 0 Å². The van der Waals surface area contributed by atoms with Crippen LogP contribution in [-0.4, -0.2) is 25.3 Å². The minimum Gasteiger partial charge on any atom is -0.358 e. The first-order valence-electron chi connectivity index (χ1n) is 4.39. The number of nitrogens with zero attached hydrogens (tertiary/aromatic N) is 1. The van der Waals surface area contributed by atoms with Gasteiger partial charge in [-0.25, -0.2) is 8.78 Å². The van der Waals surface area contributed by atoms with Gasteiger partial charge in [0.25, 0.3) is 5.92 Å². The molecule has 0 amide bonds. The number of benzene rings is 1. The standard InChI is InChI=1S/C10H8BrF2NO/c11-8-3-7(4-15)1-2-9(8)14-5-10(12,13)6-14/h1-4H,5-6H2. The molecule has 0 N–H and O–H groups in total. The van der Waals surface area contributed by atoms with Crippen LogP contribution in [0.15, 0.2) is 22.7 Å². The second-order valence-corrected chi connectivity index (χ2v) is 4.40. The van der Waals surface area contributed by atoms with E-state index in [0.29, 0.717) is 15.7 Å². The molecule has 80 valence electrons. The van der Waals surface area contributed by atoms with Gasteiger partial charge in [0, 0.05) is 10.0 Å². The molecule has 0 radical (unpaired) electrons. The topological polar surface area (TPSA) is 20.3 Å². The van der Waals surface area contributed by atoms with Crippen molar-refractivity contribution >= 4 is 27.9 Å². The fourth-order valence-electron chi connectivity index (χ4n) is 1.54. The Morgan fingerprint density at radius 3 is 2.53 bits per heavy atom. The molecule has 1 aliphatic rings. The molecule has 0 atom stereocenters. The Bertz CT molecular complexity index is 400. The van der Waals surface area contributed by atoms with Crippen molar-refractivity contribution in [3.63, 3.8) is 0 Å². The summed E-state index contributed by atoms with van der Waals surface area (Å²) < 4.78 is 25.9. The zero-order valence-corrected chi connectivity index (χ0v) is 9.30. The van der Waals surface area contributed by atoms with Gasteiger partial charge in [0.15, 0.2) is 0 Å². The van der Waals surface area contributed by atoms with Crippen LogP contribution in [0.4, 0.5) is 14.5 Å². The first-order valence-corrected chi connectivity index (χ1v) is 5.19. The molecule has 1 heterocycles. The molecule has 5 heteroatoms. The summed E-state index contributed by atoms with van der Waals surface area (Å²) in [6.07, 6.45) is 0.721. The van der Waals surface area contributed by atoms with Crippen LogP contribution in [0.1, 0.15) is 10.4 Å². The van der Waals surface area contributed by atoms with E-state index in [-0.39, 0.29) is 13.1 Å². The van der Waals surface area contributed by atoms with Gasteiger partial charge in [0.05, 0.1) is 18.8 Å². The summed E-state index contributed by atoms with van der Waals surface area (Å²) in [6.45, 7) is -0.516. The summed E-state index contributed by atoms with van der Waals surface area (Å²) in [5.41, 5.74) is 1.23. The molecule has 1 aromatic carbocycles. The van der Waals surface area contributed by atoms with Gasteiger partial charge in [-0.05, 0) is 34.1 Å². The number of carbonyl (C=O) groups is 1. The second-order valence-electron chi connectivity index (χ2n) is 3.54. The lowest BCUT2D eigenvalue weighted by atomic mass is 10.1. The Hall–Kier alpha value is -0.970. The highest BCUT2D eigenvalue weighted by atomic mass is 79.9. The van der Waals surface area contributed by atoms with E-state index in [0.717, 1.165) is 6.29 Å². The van der Waals surface area contributed by atoms with E-state index in [1.165, 1.54) is 0 Å². The Morgan fingerprint density at radius 2 is 2.07 bits per heavy atom. The third kappa shape index (κ3) is 2.02. The largest absolute Gasteiger partial charge is 0.358 e. The van der Waals surface area contributed by atoms with Crippen molar-refractivity contribution in [3.05, 3.63) is 28.2 Å². The fourth-order valence-corrected chi connectivity index (χ4v) is 2.18. The SMILES string of the molecule is O=Cc1ccc(N2CC(F)(F)C2)c(Br)c1. The summed E-state index contributed by atoms with van der Waals surface area (Å²) in [5.74, 6) is -2.58. The summed E-state index contributed by atoms with van der Waals surface area (Å²) in [6, 6.07) is 4.91. The molecule has 15 heavy (non-hydrogen) atoms. The number of rotatable bonds is 2. The highest BCUT2D eigenvalue weighted by molar-refractivity contribution is 9.10. The van der Waals surface area contributed by atoms with E-state index in [9.17, 15) is 13.6 Å². The number of hydrogen-bond donors (Lipinski definition) is 0. The van der Waals surface area contributed by atoms with Crippen LogP contribution in [0.5, 0.6) is 0 Å². The van der Waals surface area contributed by atoms with Crippen molar-refractivity contribution in [1.29, 1.82) is 0 Å². The molecule has 2 nitrogen and oxygen atoms in total. The van der Waals surface area contributed by atoms with Crippen molar-refractivity contribution in [2.75, 3.05) is 18.0 Å². The van der Waals surface area contributed by atoms with E-state index >= 15 is 0 Å². The molecule has 0 unspecified atom stereocenters. The van der Waals surface area contributed by atoms with Crippen LogP contribution in [0, 0.1) is 0 Å². The van der Waals surface area contributed by atoms with E-state index < -0.39 is 5.92 Å². The monoisotopic (exact) mass is 275 g/mol. The molecular formula is C10H8BrF2NO. The van der Waals surface area contributed by atoms with Crippen molar-refractivity contribution in [2.45, 2.75) is 5.92 Å². The first-order chi connectivity index (χ1) is 7.02. The lowest BCUT2D eigenvalue weighted by molar-refractivity contribution is -0.0263. The average Bonchev–Trinajstić information content (AvgIpc) is 2.14. The highest BCUT2D eigenvalue weighted by Gasteiger charge is 2.44. The summed E-state index contributed by atoms with van der Waals surface area (Å²) in [7, 11) is 0. The number of alkyl halides is 2. The minimum atomic E-state index is -2.58. The number of halogens is 3. The van der Waals surface area contributed by atoms with E-state index in [1.54, 1.807) is 23.1 Å². The molecular weight excluding hydrogens is 268 g/mol. The number of aldehydes is 1. The maximum Gasteiger partial charge on any atom is 0.282 e. The van der Waals surface area contributed by atoms with Gasteiger partial charge in [0.1, 0.15) is 6.29 Å². The molecule has 0 saturated carbocycles. The Labute approximate surface area is 94.0 Å². The molecule has 1 fully saturated rings. The maximum absolute atomic E-state index is 12.6. The predicted molar refractivity (Wildman–Crippen MR) is 56.7 cm³/mol. The van der Waals surface area contributed by atoms with Crippen LogP contribution >= 0.6 is 15.9 Å². The first kappa shape index (κ1) is 10.5. The molecule has 0 aliphatic carbocycles. The number of hydrogen-bond acceptors (Lipinski definition) is 2. The summed E-state index contributed by atoms with van der Waals surface area (Å²) in [5, 5.41) is 0. The normalized spacial score (nSPS) is 18.5. The molecule has 1 aromatic rings. The van der Waals surface area contributed by atoms with Crippen molar-refractivity contribution in [1.82, 2.24) is 0 Å². The summed E-state index contributed by atoms with van der Waals surface area (Å²) in [4.78, 5) is 12.0. The van der Waals surface area contributed by atoms with Gasteiger partial charge >= 0.3 is 0 Å². The van der Waals surface area contributed by atoms with Gasteiger partial charge in [-0.2, -0.15) is 0 Å². The van der Waals surface area contributed by atoms with E-state index in [4.69, 9.17) is 0 Å². The lowest BCUT2D eigenvalue weighted by Crippen LogP contribution is -2.56. The summed E-state index contributed by atoms with van der Waals surface area (Å²) >= 11 is 3.26.